The molecule has 140 valence electrons. The highest BCUT2D eigenvalue weighted by atomic mass is 35.5. The second-order valence-electron chi connectivity index (χ2n) is 7.04. The van der Waals surface area contributed by atoms with Crippen LogP contribution in [0.1, 0.15) is 43.0 Å². The molecule has 0 N–H and O–H groups in total. The number of benzene rings is 2. The van der Waals surface area contributed by atoms with E-state index in [1.165, 1.54) is 59.9 Å². The normalized spacial score (nSPS) is 14.5. The standard InChI is InChI=1S/C24H26N2.ClH/c1-2-19-18-25-22(17-24(19)26-15-6-3-7-16-26)14-13-21-11-8-10-20-9-4-5-12-23(20)21;/h4-5,8-14,17-18H,2-3,6-7,15-16H2,1H3;1H/b14-13-;. The van der Waals surface area contributed by atoms with Crippen LogP contribution in [0.25, 0.3) is 22.9 Å². The summed E-state index contributed by atoms with van der Waals surface area (Å²) in [4.78, 5) is 7.23. The van der Waals surface area contributed by atoms with Crippen molar-refractivity contribution in [3.63, 3.8) is 0 Å². The Morgan fingerprint density at radius 2 is 1.74 bits per heavy atom. The van der Waals surface area contributed by atoms with E-state index in [1.54, 1.807) is 0 Å². The minimum Gasteiger partial charge on any atom is -0.371 e. The molecule has 1 fully saturated rings. The maximum absolute atomic E-state index is 4.69. The van der Waals surface area contributed by atoms with Crippen molar-refractivity contribution in [1.82, 2.24) is 4.98 Å². The van der Waals surface area contributed by atoms with Gasteiger partial charge in [-0.15, -0.1) is 12.4 Å². The third-order valence-electron chi connectivity index (χ3n) is 5.32. The molecule has 1 aliphatic heterocycles. The first kappa shape index (κ1) is 19.4. The van der Waals surface area contributed by atoms with Crippen molar-refractivity contribution >= 4 is 41.0 Å². The van der Waals surface area contributed by atoms with Crippen LogP contribution in [-0.4, -0.2) is 18.1 Å². The first-order valence-corrected chi connectivity index (χ1v) is 9.75. The van der Waals surface area contributed by atoms with E-state index in [9.17, 15) is 0 Å². The molecule has 1 aliphatic rings. The number of nitrogens with zero attached hydrogens (tertiary/aromatic N) is 2. The van der Waals surface area contributed by atoms with E-state index in [4.69, 9.17) is 0 Å². The maximum atomic E-state index is 4.69. The predicted molar refractivity (Wildman–Crippen MR) is 120 cm³/mol. The molecule has 0 amide bonds. The second kappa shape index (κ2) is 9.05. The zero-order chi connectivity index (χ0) is 17.8. The number of fused-ring (bicyclic) bond motifs is 1. The van der Waals surface area contributed by atoms with Crippen LogP contribution in [-0.2, 0) is 6.42 Å². The third-order valence-corrected chi connectivity index (χ3v) is 5.32. The molecule has 0 atom stereocenters. The van der Waals surface area contributed by atoms with Gasteiger partial charge in [-0.05, 0) is 59.7 Å². The fourth-order valence-electron chi connectivity index (χ4n) is 3.85. The van der Waals surface area contributed by atoms with Crippen LogP contribution < -0.4 is 4.90 Å². The summed E-state index contributed by atoms with van der Waals surface area (Å²) in [6, 6.07) is 17.3. The number of aromatic nitrogens is 1. The summed E-state index contributed by atoms with van der Waals surface area (Å²) in [6.07, 6.45) is 11.4. The van der Waals surface area contributed by atoms with Gasteiger partial charge >= 0.3 is 0 Å². The van der Waals surface area contributed by atoms with E-state index >= 15 is 0 Å². The molecule has 2 aromatic carbocycles. The lowest BCUT2D eigenvalue weighted by atomic mass is 10.0. The molecule has 0 bridgehead atoms. The fourth-order valence-corrected chi connectivity index (χ4v) is 3.85. The summed E-state index contributed by atoms with van der Waals surface area (Å²) in [6.45, 7) is 4.56. The number of hydrogen-bond donors (Lipinski definition) is 0. The number of aryl methyl sites for hydroxylation is 1. The summed E-state index contributed by atoms with van der Waals surface area (Å²) >= 11 is 0. The molecule has 0 saturated carbocycles. The minimum atomic E-state index is 0. The minimum absolute atomic E-state index is 0. The molecule has 2 heterocycles. The van der Waals surface area contributed by atoms with Crippen LogP contribution in [0.3, 0.4) is 0 Å². The molecule has 2 nitrogen and oxygen atoms in total. The zero-order valence-corrected chi connectivity index (χ0v) is 16.7. The maximum Gasteiger partial charge on any atom is 0.0650 e. The Kier molecular flexibility index (Phi) is 6.52. The van der Waals surface area contributed by atoms with Gasteiger partial charge in [-0.3, -0.25) is 4.98 Å². The molecule has 0 spiro atoms. The van der Waals surface area contributed by atoms with Crippen LogP contribution in [0.2, 0.25) is 0 Å². The van der Waals surface area contributed by atoms with E-state index in [0.29, 0.717) is 0 Å². The Morgan fingerprint density at radius 3 is 2.56 bits per heavy atom. The van der Waals surface area contributed by atoms with Crippen molar-refractivity contribution in [3.8, 4) is 0 Å². The smallest absolute Gasteiger partial charge is 0.0650 e. The molecule has 0 aliphatic carbocycles. The highest BCUT2D eigenvalue weighted by molar-refractivity contribution is 5.92. The Morgan fingerprint density at radius 1 is 0.963 bits per heavy atom. The zero-order valence-electron chi connectivity index (χ0n) is 15.9. The molecule has 4 rings (SSSR count). The largest absolute Gasteiger partial charge is 0.371 e. The van der Waals surface area contributed by atoms with Crippen LogP contribution >= 0.6 is 12.4 Å². The van der Waals surface area contributed by atoms with Crippen LogP contribution in [0.4, 0.5) is 5.69 Å². The molecule has 1 saturated heterocycles. The van der Waals surface area contributed by atoms with E-state index in [-0.39, 0.29) is 12.4 Å². The van der Waals surface area contributed by atoms with Crippen LogP contribution in [0, 0.1) is 0 Å². The number of rotatable bonds is 4. The monoisotopic (exact) mass is 378 g/mol. The molecule has 1 aromatic heterocycles. The lowest BCUT2D eigenvalue weighted by Gasteiger charge is -2.30. The van der Waals surface area contributed by atoms with Crippen LogP contribution in [0.5, 0.6) is 0 Å². The number of halogens is 1. The molecule has 3 heteroatoms. The van der Waals surface area contributed by atoms with Crippen LogP contribution in [0.15, 0.2) is 54.7 Å². The average molecular weight is 379 g/mol. The fraction of sp³-hybridized carbons (Fsp3) is 0.292. The van der Waals surface area contributed by atoms with E-state index in [1.807, 2.05) is 0 Å². The topological polar surface area (TPSA) is 16.1 Å². The van der Waals surface area contributed by atoms with Gasteiger partial charge in [0.1, 0.15) is 0 Å². The Labute approximate surface area is 168 Å². The molecule has 3 aromatic rings. The van der Waals surface area contributed by atoms with Gasteiger partial charge in [-0.2, -0.15) is 0 Å². The Bertz CT molecular complexity index is 921. The SMILES string of the molecule is CCc1cnc(/C=C\c2cccc3ccccc23)cc1N1CCCCC1.Cl. The summed E-state index contributed by atoms with van der Waals surface area (Å²) in [7, 11) is 0. The number of piperidine rings is 1. The summed E-state index contributed by atoms with van der Waals surface area (Å²) in [5.74, 6) is 0. The van der Waals surface area contributed by atoms with Gasteiger partial charge < -0.3 is 4.90 Å². The van der Waals surface area contributed by atoms with Gasteiger partial charge in [-0.25, -0.2) is 0 Å². The summed E-state index contributed by atoms with van der Waals surface area (Å²) in [5.41, 5.74) is 5.01. The second-order valence-corrected chi connectivity index (χ2v) is 7.04. The molecule has 0 unspecified atom stereocenters. The van der Waals surface area contributed by atoms with Crippen molar-refractivity contribution in [3.05, 3.63) is 71.5 Å². The van der Waals surface area contributed by atoms with Gasteiger partial charge in [0, 0.05) is 25.0 Å². The number of pyridine rings is 1. The molecular weight excluding hydrogens is 352 g/mol. The van der Waals surface area contributed by atoms with Crippen molar-refractivity contribution in [2.45, 2.75) is 32.6 Å². The third kappa shape index (κ3) is 4.33. The van der Waals surface area contributed by atoms with E-state index in [0.717, 1.165) is 12.1 Å². The summed E-state index contributed by atoms with van der Waals surface area (Å²) < 4.78 is 0. The predicted octanol–water partition coefficient (Wildman–Crippen LogP) is 6.38. The first-order valence-electron chi connectivity index (χ1n) is 9.75. The van der Waals surface area contributed by atoms with Crippen molar-refractivity contribution in [2.75, 3.05) is 18.0 Å². The first-order chi connectivity index (χ1) is 12.8. The Hall–Kier alpha value is -2.32. The summed E-state index contributed by atoms with van der Waals surface area (Å²) in [5, 5.41) is 2.56. The van der Waals surface area contributed by atoms with E-state index in [2.05, 4.69) is 83.7 Å². The quantitative estimate of drug-likeness (QED) is 0.523. The van der Waals surface area contributed by atoms with Gasteiger partial charge in [-0.1, -0.05) is 55.5 Å². The molecule has 27 heavy (non-hydrogen) atoms. The van der Waals surface area contributed by atoms with Gasteiger partial charge in [0.05, 0.1) is 5.69 Å². The Balaban J connectivity index is 0.00000210. The van der Waals surface area contributed by atoms with Gasteiger partial charge in [0.15, 0.2) is 0 Å². The highest BCUT2D eigenvalue weighted by Gasteiger charge is 2.14. The lowest BCUT2D eigenvalue weighted by Crippen LogP contribution is -2.30. The van der Waals surface area contributed by atoms with Crippen molar-refractivity contribution in [1.29, 1.82) is 0 Å². The number of anilines is 1. The van der Waals surface area contributed by atoms with Crippen molar-refractivity contribution in [2.24, 2.45) is 0 Å². The van der Waals surface area contributed by atoms with Gasteiger partial charge in [0.25, 0.3) is 0 Å². The molecular formula is C24H27ClN2. The van der Waals surface area contributed by atoms with E-state index < -0.39 is 0 Å². The van der Waals surface area contributed by atoms with Crippen molar-refractivity contribution < 1.29 is 0 Å². The number of hydrogen-bond acceptors (Lipinski definition) is 2. The lowest BCUT2D eigenvalue weighted by molar-refractivity contribution is 0.576. The highest BCUT2D eigenvalue weighted by Crippen LogP contribution is 2.26. The molecule has 0 radical (unpaired) electrons. The van der Waals surface area contributed by atoms with Gasteiger partial charge in [0.2, 0.25) is 0 Å². The average Bonchev–Trinajstić information content (AvgIpc) is 2.72.